The molecule has 0 heterocycles. The van der Waals surface area contributed by atoms with Gasteiger partial charge in [-0.1, -0.05) is 20.3 Å². The standard InChI is InChI=1S/C22H37FN4O/c1-13-3-4-14-15-7-8-22(2)18(16(15)10-20(23)17(14)9-13)5-6-19(22)21(28)11-27(25)26-12-24/h12-20H,3-11,25H2,1-2H3,(H2,24,26). The SMILES string of the molecule is CC1CCC2C(C1)C(F)CC1C2CCC2(C)C(C(=O)CN(N)/N=C\N)CCC12. The minimum absolute atomic E-state index is 0.0136. The number of carbonyl (C=O) groups excluding carboxylic acids is 1. The molecule has 0 aromatic rings. The number of alkyl halides is 1. The Labute approximate surface area is 168 Å². The van der Waals surface area contributed by atoms with Crippen molar-refractivity contribution in [1.82, 2.24) is 5.12 Å². The fourth-order valence-electron chi connectivity index (χ4n) is 7.94. The molecule has 0 spiro atoms. The van der Waals surface area contributed by atoms with Crippen molar-refractivity contribution in [3.63, 3.8) is 0 Å². The first-order valence-corrected chi connectivity index (χ1v) is 11.3. The average Bonchev–Trinajstić information content (AvgIpc) is 3.00. The Balaban J connectivity index is 1.51. The van der Waals surface area contributed by atoms with Gasteiger partial charge in [0.15, 0.2) is 5.78 Å². The van der Waals surface area contributed by atoms with Crippen LogP contribution in [0.5, 0.6) is 0 Å². The molecular weight excluding hydrogens is 355 g/mol. The van der Waals surface area contributed by atoms with E-state index in [4.69, 9.17) is 11.6 Å². The van der Waals surface area contributed by atoms with Crippen LogP contribution in [0.3, 0.4) is 0 Å². The second kappa shape index (κ2) is 7.58. The average molecular weight is 393 g/mol. The summed E-state index contributed by atoms with van der Waals surface area (Å²) in [6.07, 6.45) is 8.95. The molecule has 4 N–H and O–H groups in total. The minimum atomic E-state index is -0.649. The molecule has 9 atom stereocenters. The molecule has 28 heavy (non-hydrogen) atoms. The highest BCUT2D eigenvalue weighted by atomic mass is 19.1. The smallest absolute Gasteiger partial charge is 0.159 e. The molecule has 0 aromatic carbocycles. The number of nitrogens with zero attached hydrogens (tertiary/aromatic N) is 2. The first kappa shape index (κ1) is 20.1. The molecule has 5 nitrogen and oxygen atoms in total. The maximum atomic E-state index is 15.2. The Hall–Kier alpha value is -1.17. The summed E-state index contributed by atoms with van der Waals surface area (Å²) >= 11 is 0. The lowest BCUT2D eigenvalue weighted by Gasteiger charge is -2.57. The molecule has 4 fully saturated rings. The summed E-state index contributed by atoms with van der Waals surface area (Å²) in [5.41, 5.74) is 5.27. The normalized spacial score (nSPS) is 48.0. The van der Waals surface area contributed by atoms with Crippen molar-refractivity contribution in [3.05, 3.63) is 0 Å². The monoisotopic (exact) mass is 392 g/mol. The molecule has 158 valence electrons. The van der Waals surface area contributed by atoms with E-state index in [1.54, 1.807) is 0 Å². The summed E-state index contributed by atoms with van der Waals surface area (Å²) in [5.74, 6) is 9.07. The third kappa shape index (κ3) is 3.25. The van der Waals surface area contributed by atoms with Crippen molar-refractivity contribution < 1.29 is 9.18 Å². The molecule has 0 aliphatic heterocycles. The van der Waals surface area contributed by atoms with Crippen molar-refractivity contribution in [3.8, 4) is 0 Å². The molecule has 4 aliphatic carbocycles. The van der Waals surface area contributed by atoms with Gasteiger partial charge in [-0.3, -0.25) is 4.79 Å². The molecular formula is C22H37FN4O. The number of hydrogen-bond acceptors (Lipinski definition) is 4. The quantitative estimate of drug-likeness (QED) is 0.332. The Bertz CT molecular complexity index is 628. The summed E-state index contributed by atoms with van der Waals surface area (Å²) < 4.78 is 15.2. The van der Waals surface area contributed by atoms with E-state index in [0.717, 1.165) is 50.0 Å². The van der Waals surface area contributed by atoms with Crippen molar-refractivity contribution in [2.24, 2.45) is 63.5 Å². The van der Waals surface area contributed by atoms with Gasteiger partial charge in [0.2, 0.25) is 0 Å². The predicted molar refractivity (Wildman–Crippen MR) is 109 cm³/mol. The van der Waals surface area contributed by atoms with Gasteiger partial charge >= 0.3 is 0 Å². The van der Waals surface area contributed by atoms with Crippen LogP contribution in [0.2, 0.25) is 0 Å². The molecule has 4 saturated carbocycles. The number of ketones is 1. The van der Waals surface area contributed by atoms with Crippen LogP contribution in [0, 0.1) is 46.8 Å². The molecule has 0 aromatic heterocycles. The van der Waals surface area contributed by atoms with Gasteiger partial charge in [-0.25, -0.2) is 15.4 Å². The zero-order valence-corrected chi connectivity index (χ0v) is 17.4. The van der Waals surface area contributed by atoms with E-state index < -0.39 is 6.17 Å². The number of fused-ring (bicyclic) bond motifs is 5. The second-order valence-electron chi connectivity index (χ2n) is 10.4. The lowest BCUT2D eigenvalue weighted by molar-refractivity contribution is -0.133. The number of halogens is 1. The summed E-state index contributed by atoms with van der Waals surface area (Å²) in [4.78, 5) is 13.0. The zero-order valence-electron chi connectivity index (χ0n) is 17.4. The molecule has 0 bridgehead atoms. The van der Waals surface area contributed by atoms with Gasteiger partial charge in [0, 0.05) is 5.92 Å². The summed E-state index contributed by atoms with van der Waals surface area (Å²) in [6, 6.07) is 0. The van der Waals surface area contributed by atoms with Crippen molar-refractivity contribution >= 4 is 12.1 Å². The van der Waals surface area contributed by atoms with E-state index in [9.17, 15) is 4.79 Å². The van der Waals surface area contributed by atoms with Gasteiger partial charge in [0.25, 0.3) is 0 Å². The lowest BCUT2D eigenvalue weighted by Crippen LogP contribution is -2.52. The third-order valence-corrected chi connectivity index (χ3v) is 9.14. The molecule has 0 radical (unpaired) electrons. The van der Waals surface area contributed by atoms with Gasteiger partial charge < -0.3 is 5.73 Å². The van der Waals surface area contributed by atoms with Gasteiger partial charge in [-0.2, -0.15) is 5.10 Å². The van der Waals surface area contributed by atoms with Crippen LogP contribution in [0.15, 0.2) is 5.10 Å². The van der Waals surface area contributed by atoms with Gasteiger partial charge in [0.05, 0.1) is 0 Å². The number of hydrazone groups is 1. The topological polar surface area (TPSA) is 84.7 Å². The highest BCUT2D eigenvalue weighted by molar-refractivity contribution is 5.84. The molecule has 4 rings (SSSR count). The number of hydrogen-bond donors (Lipinski definition) is 2. The van der Waals surface area contributed by atoms with Crippen molar-refractivity contribution in [2.75, 3.05) is 6.54 Å². The van der Waals surface area contributed by atoms with Crippen LogP contribution < -0.4 is 11.6 Å². The van der Waals surface area contributed by atoms with Crippen LogP contribution in [0.1, 0.15) is 65.2 Å². The fourth-order valence-corrected chi connectivity index (χ4v) is 7.94. The Morgan fingerprint density at radius 1 is 1.14 bits per heavy atom. The van der Waals surface area contributed by atoms with Crippen LogP contribution in [-0.4, -0.2) is 30.0 Å². The van der Waals surface area contributed by atoms with Crippen molar-refractivity contribution in [1.29, 1.82) is 0 Å². The molecule has 0 saturated heterocycles. The summed E-state index contributed by atoms with van der Waals surface area (Å²) in [5, 5.41) is 4.92. The Morgan fingerprint density at radius 3 is 2.64 bits per heavy atom. The summed E-state index contributed by atoms with van der Waals surface area (Å²) in [6.45, 7) is 4.68. The maximum absolute atomic E-state index is 15.2. The Kier molecular flexibility index (Phi) is 5.45. The predicted octanol–water partition coefficient (Wildman–Crippen LogP) is 3.49. The van der Waals surface area contributed by atoms with Crippen LogP contribution >= 0.6 is 0 Å². The maximum Gasteiger partial charge on any atom is 0.159 e. The van der Waals surface area contributed by atoms with E-state index >= 15 is 4.39 Å². The first-order chi connectivity index (χ1) is 13.3. The van der Waals surface area contributed by atoms with Crippen molar-refractivity contribution in [2.45, 2.75) is 71.4 Å². The Morgan fingerprint density at radius 2 is 1.89 bits per heavy atom. The zero-order chi connectivity index (χ0) is 20.1. The highest BCUT2D eigenvalue weighted by Gasteiger charge is 2.59. The van der Waals surface area contributed by atoms with Gasteiger partial charge in [0.1, 0.15) is 19.1 Å². The molecule has 4 aliphatic rings. The van der Waals surface area contributed by atoms with E-state index in [0.29, 0.717) is 29.6 Å². The van der Waals surface area contributed by atoms with E-state index in [2.05, 4.69) is 18.9 Å². The highest BCUT2D eigenvalue weighted by Crippen LogP contribution is 2.64. The molecule has 0 amide bonds. The third-order valence-electron chi connectivity index (χ3n) is 9.14. The number of carbonyl (C=O) groups is 1. The van der Waals surface area contributed by atoms with Gasteiger partial charge in [-0.05, 0) is 85.9 Å². The molecule has 9 unspecified atom stereocenters. The van der Waals surface area contributed by atoms with Crippen LogP contribution in [0.25, 0.3) is 0 Å². The van der Waals surface area contributed by atoms with E-state index in [-0.39, 0.29) is 29.6 Å². The van der Waals surface area contributed by atoms with Crippen LogP contribution in [-0.2, 0) is 4.79 Å². The fraction of sp³-hybridized carbons (Fsp3) is 0.909. The second-order valence-corrected chi connectivity index (χ2v) is 10.4. The van der Waals surface area contributed by atoms with Crippen LogP contribution in [0.4, 0.5) is 4.39 Å². The number of rotatable bonds is 4. The number of hydrazine groups is 1. The van der Waals surface area contributed by atoms with Gasteiger partial charge in [-0.15, -0.1) is 0 Å². The summed E-state index contributed by atoms with van der Waals surface area (Å²) in [7, 11) is 0. The number of Topliss-reactive ketones (excluding diaryl/α,β-unsaturated/α-hetero) is 1. The largest absolute Gasteiger partial charge is 0.388 e. The first-order valence-electron chi connectivity index (χ1n) is 11.3. The van der Waals surface area contributed by atoms with E-state index in [1.165, 1.54) is 12.8 Å². The lowest BCUT2D eigenvalue weighted by atomic mass is 9.49. The minimum Gasteiger partial charge on any atom is -0.388 e. The molecule has 6 heteroatoms. The number of nitrogens with two attached hydrogens (primary N) is 2. The van der Waals surface area contributed by atoms with E-state index in [1.807, 2.05) is 0 Å².